The molecule has 0 aliphatic carbocycles. The molecule has 0 aliphatic heterocycles. The van der Waals surface area contributed by atoms with Gasteiger partial charge in [-0.05, 0) is 34.0 Å². The van der Waals surface area contributed by atoms with E-state index in [0.29, 0.717) is 0 Å². The number of hydrogen-bond donors (Lipinski definition) is 1. The number of nitrogens with one attached hydrogen (secondary N) is 1. The lowest BCUT2D eigenvalue weighted by atomic mass is 9.92. The number of benzene rings is 4. The van der Waals surface area contributed by atoms with E-state index in [9.17, 15) is 0 Å². The molecule has 102 valence electrons. The number of rotatable bonds is 1. The van der Waals surface area contributed by atoms with Crippen LogP contribution < -0.4 is 5.32 Å². The Morgan fingerprint density at radius 2 is 1.33 bits per heavy atom. The summed E-state index contributed by atoms with van der Waals surface area (Å²) < 4.78 is 0. The predicted octanol–water partition coefficient (Wildman–Crippen LogP) is 5.50. The Labute approximate surface area is 124 Å². The van der Waals surface area contributed by atoms with Gasteiger partial charge in [0.15, 0.2) is 0 Å². The first-order valence-electron chi connectivity index (χ1n) is 7.32. The number of hydrogen-bond acceptors (Lipinski definition) is 1. The lowest BCUT2D eigenvalue weighted by Crippen LogP contribution is -1.94. The summed E-state index contributed by atoms with van der Waals surface area (Å²) in [4.78, 5) is 0. The minimum atomic E-state index is 1.22. The van der Waals surface area contributed by atoms with E-state index in [1.165, 1.54) is 43.6 Å². The van der Waals surface area contributed by atoms with Crippen molar-refractivity contribution in [3.8, 4) is 0 Å². The van der Waals surface area contributed by atoms with E-state index >= 15 is 0 Å². The van der Waals surface area contributed by atoms with E-state index in [4.69, 9.17) is 0 Å². The largest absolute Gasteiger partial charge is 0.387 e. The molecule has 0 unspecified atom stereocenters. The maximum absolute atomic E-state index is 3.40. The molecule has 1 N–H and O–H groups in total. The summed E-state index contributed by atoms with van der Waals surface area (Å²) in [6.45, 7) is 2.23. The molecule has 21 heavy (non-hydrogen) atoms. The normalized spacial score (nSPS) is 11.3. The van der Waals surface area contributed by atoms with Gasteiger partial charge < -0.3 is 5.32 Å². The summed E-state index contributed by atoms with van der Waals surface area (Å²) in [5.74, 6) is 0. The fourth-order valence-corrected chi connectivity index (χ4v) is 3.46. The second-order valence-corrected chi connectivity index (χ2v) is 5.50. The molecular formula is C20H17N. The second-order valence-electron chi connectivity index (χ2n) is 5.50. The van der Waals surface area contributed by atoms with Crippen LogP contribution in [-0.2, 0) is 0 Å². The van der Waals surface area contributed by atoms with Gasteiger partial charge in [-0.15, -0.1) is 0 Å². The van der Waals surface area contributed by atoms with Crippen LogP contribution in [-0.4, -0.2) is 7.05 Å². The molecule has 0 bridgehead atoms. The van der Waals surface area contributed by atoms with E-state index in [1.54, 1.807) is 0 Å². The zero-order valence-corrected chi connectivity index (χ0v) is 12.3. The molecule has 0 aromatic heterocycles. The number of anilines is 1. The van der Waals surface area contributed by atoms with Crippen molar-refractivity contribution in [1.29, 1.82) is 0 Å². The third kappa shape index (κ3) is 1.64. The highest BCUT2D eigenvalue weighted by Gasteiger charge is 2.12. The highest BCUT2D eigenvalue weighted by Crippen LogP contribution is 2.39. The van der Waals surface area contributed by atoms with Gasteiger partial charge in [0.05, 0.1) is 0 Å². The van der Waals surface area contributed by atoms with E-state index in [0.717, 1.165) is 0 Å². The van der Waals surface area contributed by atoms with Crippen LogP contribution in [0.1, 0.15) is 5.56 Å². The molecule has 0 atom stereocenters. The van der Waals surface area contributed by atoms with E-state index in [1.807, 2.05) is 7.05 Å². The highest BCUT2D eigenvalue weighted by molar-refractivity contribution is 6.21. The monoisotopic (exact) mass is 271 g/mol. The standard InChI is InChI=1S/C20H17N/c1-13-15-8-5-6-10-17(15)20(21-2)18-12-11-14-7-3-4-9-16(14)19(13)18/h3-12,21H,1-2H3. The van der Waals surface area contributed by atoms with E-state index < -0.39 is 0 Å². The molecule has 0 fully saturated rings. The molecule has 0 spiro atoms. The van der Waals surface area contributed by atoms with Crippen LogP contribution >= 0.6 is 0 Å². The molecule has 0 amide bonds. The summed E-state index contributed by atoms with van der Waals surface area (Å²) in [5.41, 5.74) is 2.58. The summed E-state index contributed by atoms with van der Waals surface area (Å²) >= 11 is 0. The zero-order chi connectivity index (χ0) is 14.4. The lowest BCUT2D eigenvalue weighted by Gasteiger charge is -2.16. The fourth-order valence-electron chi connectivity index (χ4n) is 3.46. The molecule has 0 aliphatic rings. The average Bonchev–Trinajstić information content (AvgIpc) is 2.55. The van der Waals surface area contributed by atoms with Crippen molar-refractivity contribution >= 4 is 38.0 Å². The molecule has 1 nitrogen and oxygen atoms in total. The van der Waals surface area contributed by atoms with Gasteiger partial charge >= 0.3 is 0 Å². The van der Waals surface area contributed by atoms with E-state index in [-0.39, 0.29) is 0 Å². The Kier molecular flexibility index (Phi) is 2.61. The Morgan fingerprint density at radius 1 is 0.667 bits per heavy atom. The van der Waals surface area contributed by atoms with Crippen LogP contribution in [0, 0.1) is 6.92 Å². The maximum atomic E-state index is 3.40. The Hall–Kier alpha value is -2.54. The minimum absolute atomic E-state index is 1.22. The Bertz CT molecular complexity index is 983. The Balaban J connectivity index is 2.37. The van der Waals surface area contributed by atoms with Crippen molar-refractivity contribution in [3.63, 3.8) is 0 Å². The second kappa shape index (κ2) is 4.49. The minimum Gasteiger partial charge on any atom is -0.387 e. The van der Waals surface area contributed by atoms with Crippen LogP contribution in [0.25, 0.3) is 32.3 Å². The summed E-state index contributed by atoms with van der Waals surface area (Å²) in [6, 6.07) is 21.7. The number of aryl methyl sites for hydroxylation is 1. The summed E-state index contributed by atoms with van der Waals surface area (Å²) in [7, 11) is 2.01. The van der Waals surface area contributed by atoms with Gasteiger partial charge in [0.25, 0.3) is 0 Å². The van der Waals surface area contributed by atoms with Crippen LogP contribution in [0.3, 0.4) is 0 Å². The molecular weight excluding hydrogens is 254 g/mol. The van der Waals surface area contributed by atoms with Crippen molar-refractivity contribution in [2.45, 2.75) is 6.92 Å². The molecule has 0 saturated heterocycles. The van der Waals surface area contributed by atoms with Gasteiger partial charge in [-0.2, -0.15) is 0 Å². The number of fused-ring (bicyclic) bond motifs is 4. The molecule has 0 saturated carbocycles. The zero-order valence-electron chi connectivity index (χ0n) is 12.3. The van der Waals surface area contributed by atoms with E-state index in [2.05, 4.69) is 72.9 Å². The smallest absolute Gasteiger partial charge is 0.0497 e. The molecule has 1 heteroatoms. The quantitative estimate of drug-likeness (QED) is 0.356. The van der Waals surface area contributed by atoms with Crippen LogP contribution in [0.15, 0.2) is 60.7 Å². The molecule has 0 heterocycles. The van der Waals surface area contributed by atoms with Crippen molar-refractivity contribution in [1.82, 2.24) is 0 Å². The van der Waals surface area contributed by atoms with Crippen LogP contribution in [0.5, 0.6) is 0 Å². The molecule has 4 rings (SSSR count). The first-order valence-corrected chi connectivity index (χ1v) is 7.32. The topological polar surface area (TPSA) is 12.0 Å². The highest BCUT2D eigenvalue weighted by atomic mass is 14.8. The van der Waals surface area contributed by atoms with Gasteiger partial charge in [0.2, 0.25) is 0 Å². The summed E-state index contributed by atoms with van der Waals surface area (Å²) in [6.07, 6.45) is 0. The van der Waals surface area contributed by atoms with Crippen molar-refractivity contribution in [2.24, 2.45) is 0 Å². The molecule has 4 aromatic rings. The van der Waals surface area contributed by atoms with Crippen molar-refractivity contribution in [2.75, 3.05) is 12.4 Å². The summed E-state index contributed by atoms with van der Waals surface area (Å²) in [5, 5.41) is 11.3. The van der Waals surface area contributed by atoms with Gasteiger partial charge in [-0.25, -0.2) is 0 Å². The van der Waals surface area contributed by atoms with Gasteiger partial charge in [0.1, 0.15) is 0 Å². The van der Waals surface area contributed by atoms with Gasteiger partial charge in [-0.1, -0.05) is 60.7 Å². The fraction of sp³-hybridized carbons (Fsp3) is 0.100. The SMILES string of the molecule is CNc1c2ccccc2c(C)c2c1ccc1ccccc12. The lowest BCUT2D eigenvalue weighted by molar-refractivity contribution is 1.54. The van der Waals surface area contributed by atoms with Crippen LogP contribution in [0.2, 0.25) is 0 Å². The Morgan fingerprint density at radius 3 is 2.10 bits per heavy atom. The average molecular weight is 271 g/mol. The van der Waals surface area contributed by atoms with Gasteiger partial charge in [0, 0.05) is 23.5 Å². The molecule has 0 radical (unpaired) electrons. The predicted molar refractivity (Wildman–Crippen MR) is 93.2 cm³/mol. The third-order valence-electron chi connectivity index (χ3n) is 4.42. The van der Waals surface area contributed by atoms with Crippen molar-refractivity contribution < 1.29 is 0 Å². The van der Waals surface area contributed by atoms with Crippen molar-refractivity contribution in [3.05, 3.63) is 66.2 Å². The molecule has 4 aromatic carbocycles. The van der Waals surface area contributed by atoms with Gasteiger partial charge in [-0.3, -0.25) is 0 Å². The maximum Gasteiger partial charge on any atom is 0.0497 e. The first-order chi connectivity index (χ1) is 10.3. The first kappa shape index (κ1) is 12.2. The van der Waals surface area contributed by atoms with Crippen LogP contribution in [0.4, 0.5) is 5.69 Å². The third-order valence-corrected chi connectivity index (χ3v) is 4.42.